The Morgan fingerprint density at radius 1 is 1.23 bits per heavy atom. The molecule has 132 valence electrons. The van der Waals surface area contributed by atoms with Crippen molar-refractivity contribution in [3.05, 3.63) is 34.2 Å². The molecule has 0 radical (unpaired) electrons. The van der Waals surface area contributed by atoms with Crippen LogP contribution in [0, 0.1) is 0 Å². The van der Waals surface area contributed by atoms with Gasteiger partial charge in [-0.3, -0.25) is 20.0 Å². The molecule has 0 bridgehead atoms. The lowest BCUT2D eigenvalue weighted by molar-refractivity contribution is 0.102. The number of ether oxygens (including phenoxy) is 2. The average Bonchev–Trinajstić information content (AvgIpc) is 3.31. The molecular formula is C14H12N8O4. The van der Waals surface area contributed by atoms with Crippen molar-refractivity contribution in [3.63, 3.8) is 0 Å². The summed E-state index contributed by atoms with van der Waals surface area (Å²) in [4.78, 5) is 29.5. The number of amides is 1. The Morgan fingerprint density at radius 3 is 2.77 bits per heavy atom. The van der Waals surface area contributed by atoms with Gasteiger partial charge in [-0.05, 0) is 11.3 Å². The Bertz CT molecular complexity index is 1180. The van der Waals surface area contributed by atoms with Gasteiger partial charge in [-0.25, -0.2) is 9.50 Å². The molecule has 0 aliphatic rings. The molecule has 0 fully saturated rings. The van der Waals surface area contributed by atoms with Crippen LogP contribution in [0.1, 0.15) is 10.5 Å². The first-order valence-electron chi connectivity index (χ1n) is 7.33. The van der Waals surface area contributed by atoms with Gasteiger partial charge in [-0.2, -0.15) is 5.21 Å². The van der Waals surface area contributed by atoms with E-state index in [9.17, 15) is 9.59 Å². The molecule has 3 N–H and O–H groups in total. The highest BCUT2D eigenvalue weighted by molar-refractivity contribution is 6.02. The summed E-state index contributed by atoms with van der Waals surface area (Å²) in [6.45, 7) is 0. The van der Waals surface area contributed by atoms with Crippen molar-refractivity contribution in [1.29, 1.82) is 0 Å². The predicted octanol–water partition coefficient (Wildman–Crippen LogP) is -0.0416. The van der Waals surface area contributed by atoms with Gasteiger partial charge in [-0.15, -0.1) is 5.10 Å². The molecule has 3 heterocycles. The number of benzene rings is 1. The molecule has 4 rings (SSSR count). The van der Waals surface area contributed by atoms with Crippen molar-refractivity contribution in [3.8, 4) is 11.5 Å². The van der Waals surface area contributed by atoms with Gasteiger partial charge in [0.2, 0.25) is 0 Å². The Balaban J connectivity index is 1.87. The maximum Gasteiger partial charge on any atom is 0.280 e. The summed E-state index contributed by atoms with van der Waals surface area (Å²) in [6, 6.07) is 4.61. The summed E-state index contributed by atoms with van der Waals surface area (Å²) in [6.07, 6.45) is 0. The average molecular weight is 356 g/mol. The molecule has 0 saturated heterocycles. The minimum Gasteiger partial charge on any atom is -0.497 e. The van der Waals surface area contributed by atoms with Crippen molar-refractivity contribution in [1.82, 2.24) is 35.2 Å². The first kappa shape index (κ1) is 15.6. The number of aromatic amines is 2. The van der Waals surface area contributed by atoms with E-state index >= 15 is 0 Å². The van der Waals surface area contributed by atoms with Crippen molar-refractivity contribution in [2.24, 2.45) is 0 Å². The number of hydrogen-bond donors (Lipinski definition) is 3. The summed E-state index contributed by atoms with van der Waals surface area (Å²) in [5.41, 5.74) is 0.313. The van der Waals surface area contributed by atoms with Crippen LogP contribution in [0.15, 0.2) is 23.0 Å². The smallest absolute Gasteiger partial charge is 0.280 e. The highest BCUT2D eigenvalue weighted by atomic mass is 16.5. The third-order valence-corrected chi connectivity index (χ3v) is 3.71. The normalized spacial score (nSPS) is 11.0. The number of carbonyl (C=O) groups is 1. The molecule has 0 spiro atoms. The fourth-order valence-electron chi connectivity index (χ4n) is 2.51. The molecule has 1 aromatic carbocycles. The van der Waals surface area contributed by atoms with Crippen LogP contribution < -0.4 is 20.3 Å². The van der Waals surface area contributed by atoms with E-state index in [0.29, 0.717) is 17.0 Å². The summed E-state index contributed by atoms with van der Waals surface area (Å²) in [7, 11) is 2.96. The van der Waals surface area contributed by atoms with Gasteiger partial charge < -0.3 is 9.47 Å². The summed E-state index contributed by atoms with van der Waals surface area (Å²) >= 11 is 0. The summed E-state index contributed by atoms with van der Waals surface area (Å²) in [5.74, 6) is 0.295. The molecule has 0 aliphatic carbocycles. The SMILES string of the molecule is COc1cc(OC)c2nc3cc(C(=O)Nc4nn[nH]n4)[nH]n3c(=O)c2c1. The lowest BCUT2D eigenvalue weighted by Crippen LogP contribution is -2.18. The number of nitrogens with zero attached hydrogens (tertiary/aromatic N) is 5. The molecule has 1 amide bonds. The van der Waals surface area contributed by atoms with E-state index < -0.39 is 11.5 Å². The predicted molar refractivity (Wildman–Crippen MR) is 88.6 cm³/mol. The van der Waals surface area contributed by atoms with Crippen LogP contribution in [0.4, 0.5) is 5.95 Å². The number of fused-ring (bicyclic) bond motifs is 2. The molecule has 0 aliphatic heterocycles. The number of anilines is 1. The zero-order chi connectivity index (χ0) is 18.3. The quantitative estimate of drug-likeness (QED) is 0.460. The zero-order valence-electron chi connectivity index (χ0n) is 13.6. The topological polar surface area (TPSA) is 152 Å². The number of methoxy groups -OCH3 is 2. The molecule has 0 unspecified atom stereocenters. The number of rotatable bonds is 4. The lowest BCUT2D eigenvalue weighted by atomic mass is 10.2. The minimum absolute atomic E-state index is 0.00512. The van der Waals surface area contributed by atoms with E-state index in [1.165, 1.54) is 20.3 Å². The van der Waals surface area contributed by atoms with Crippen molar-refractivity contribution in [2.75, 3.05) is 19.5 Å². The van der Waals surface area contributed by atoms with Crippen LogP contribution in [-0.4, -0.2) is 55.3 Å². The fourth-order valence-corrected chi connectivity index (χ4v) is 2.51. The Morgan fingerprint density at radius 2 is 2.08 bits per heavy atom. The second kappa shape index (κ2) is 5.84. The van der Waals surface area contributed by atoms with E-state index in [1.54, 1.807) is 12.1 Å². The third-order valence-electron chi connectivity index (χ3n) is 3.71. The number of nitrogens with one attached hydrogen (secondary N) is 3. The number of aromatic nitrogens is 7. The van der Waals surface area contributed by atoms with Gasteiger partial charge in [0, 0.05) is 12.1 Å². The second-order valence-electron chi connectivity index (χ2n) is 5.20. The van der Waals surface area contributed by atoms with Gasteiger partial charge in [0.25, 0.3) is 17.4 Å². The maximum absolute atomic E-state index is 12.8. The monoisotopic (exact) mass is 356 g/mol. The molecule has 3 aromatic heterocycles. The Labute approximate surface area is 144 Å². The first-order valence-corrected chi connectivity index (χ1v) is 7.33. The third kappa shape index (κ3) is 2.40. The number of hydrogen-bond acceptors (Lipinski definition) is 8. The zero-order valence-corrected chi connectivity index (χ0v) is 13.6. The summed E-state index contributed by atoms with van der Waals surface area (Å²) < 4.78 is 11.6. The van der Waals surface area contributed by atoms with E-state index in [-0.39, 0.29) is 22.7 Å². The van der Waals surface area contributed by atoms with Crippen LogP contribution >= 0.6 is 0 Å². The van der Waals surface area contributed by atoms with Crippen molar-refractivity contribution >= 4 is 28.4 Å². The van der Waals surface area contributed by atoms with E-state index in [2.05, 4.69) is 36.0 Å². The maximum atomic E-state index is 12.8. The highest BCUT2D eigenvalue weighted by Crippen LogP contribution is 2.28. The Hall–Kier alpha value is -3.96. The van der Waals surface area contributed by atoms with E-state index in [0.717, 1.165) is 4.52 Å². The van der Waals surface area contributed by atoms with Crippen LogP contribution in [0.5, 0.6) is 11.5 Å². The second-order valence-corrected chi connectivity index (χ2v) is 5.20. The molecule has 12 heteroatoms. The van der Waals surface area contributed by atoms with Crippen LogP contribution in [0.25, 0.3) is 16.6 Å². The standard InChI is InChI=1S/C14H12N8O4/c1-25-6-3-7-11(9(4-6)26-2)15-10-5-8(19-22(10)13(7)24)12(23)16-14-17-20-21-18-14/h3-5,19H,1-2H3,(H2,16,17,18,20,21,23). The number of H-pyrrole nitrogens is 2. The van der Waals surface area contributed by atoms with Gasteiger partial charge >= 0.3 is 0 Å². The first-order chi connectivity index (χ1) is 12.6. The number of tetrazole rings is 1. The van der Waals surface area contributed by atoms with Crippen LogP contribution in [0.2, 0.25) is 0 Å². The largest absolute Gasteiger partial charge is 0.497 e. The molecule has 4 aromatic rings. The molecule has 0 atom stereocenters. The van der Waals surface area contributed by atoms with Gasteiger partial charge in [-0.1, -0.05) is 5.10 Å². The molecule has 0 saturated carbocycles. The molecule has 26 heavy (non-hydrogen) atoms. The van der Waals surface area contributed by atoms with Crippen molar-refractivity contribution < 1.29 is 14.3 Å². The van der Waals surface area contributed by atoms with E-state index in [1.807, 2.05) is 0 Å². The van der Waals surface area contributed by atoms with Crippen LogP contribution in [0.3, 0.4) is 0 Å². The lowest BCUT2D eigenvalue weighted by Gasteiger charge is -2.07. The minimum atomic E-state index is -0.551. The fraction of sp³-hybridized carbons (Fsp3) is 0.143. The van der Waals surface area contributed by atoms with Crippen LogP contribution in [-0.2, 0) is 0 Å². The van der Waals surface area contributed by atoms with E-state index in [4.69, 9.17) is 9.47 Å². The molecular weight excluding hydrogens is 344 g/mol. The molecule has 12 nitrogen and oxygen atoms in total. The van der Waals surface area contributed by atoms with Crippen molar-refractivity contribution in [2.45, 2.75) is 0 Å². The van der Waals surface area contributed by atoms with Gasteiger partial charge in [0.15, 0.2) is 5.65 Å². The number of carbonyl (C=O) groups excluding carboxylic acids is 1. The Kier molecular flexibility index (Phi) is 3.49. The highest BCUT2D eigenvalue weighted by Gasteiger charge is 2.17. The van der Waals surface area contributed by atoms with Gasteiger partial charge in [0.1, 0.15) is 22.7 Å². The van der Waals surface area contributed by atoms with Gasteiger partial charge in [0.05, 0.1) is 19.6 Å². The summed E-state index contributed by atoms with van der Waals surface area (Å²) in [5, 5.41) is 18.2.